The first-order chi connectivity index (χ1) is 9.93. The molecular weight excluding hydrogens is 350 g/mol. The molecule has 0 spiro atoms. The van der Waals surface area contributed by atoms with Crippen LogP contribution >= 0.6 is 27.5 Å². The zero-order valence-electron chi connectivity index (χ0n) is 12.0. The van der Waals surface area contributed by atoms with Gasteiger partial charge in [-0.15, -0.1) is 0 Å². The minimum absolute atomic E-state index is 0.0897. The number of benzene rings is 2. The van der Waals surface area contributed by atoms with Crippen LogP contribution in [-0.4, -0.2) is 5.60 Å². The van der Waals surface area contributed by atoms with Crippen molar-refractivity contribution in [2.75, 3.05) is 5.32 Å². The van der Waals surface area contributed by atoms with Crippen LogP contribution in [0.25, 0.3) is 0 Å². The summed E-state index contributed by atoms with van der Waals surface area (Å²) in [5, 5.41) is 4.15. The fourth-order valence-electron chi connectivity index (χ4n) is 2.60. The molecule has 1 aliphatic rings. The molecule has 1 N–H and O–H groups in total. The minimum Gasteiger partial charge on any atom is -0.487 e. The lowest BCUT2D eigenvalue weighted by atomic mass is 10.0. The van der Waals surface area contributed by atoms with E-state index in [0.717, 1.165) is 33.9 Å². The van der Waals surface area contributed by atoms with E-state index in [4.69, 9.17) is 16.3 Å². The average Bonchev–Trinajstić information content (AvgIpc) is 2.70. The van der Waals surface area contributed by atoms with Gasteiger partial charge >= 0.3 is 0 Å². The van der Waals surface area contributed by atoms with Crippen molar-refractivity contribution in [1.82, 2.24) is 0 Å². The molecule has 4 heteroatoms. The van der Waals surface area contributed by atoms with Crippen molar-refractivity contribution < 1.29 is 4.74 Å². The normalized spacial score (nSPS) is 15.4. The van der Waals surface area contributed by atoms with Crippen molar-refractivity contribution in [2.45, 2.75) is 32.4 Å². The van der Waals surface area contributed by atoms with Crippen LogP contribution in [0.5, 0.6) is 5.75 Å². The SMILES string of the molecule is CC1(C)Cc2cc(CNc3ccc(Cl)cc3Br)ccc2O1. The van der Waals surface area contributed by atoms with Crippen molar-refractivity contribution in [3.05, 3.63) is 57.0 Å². The molecule has 1 aliphatic heterocycles. The van der Waals surface area contributed by atoms with Gasteiger partial charge in [0.25, 0.3) is 0 Å². The highest BCUT2D eigenvalue weighted by Crippen LogP contribution is 2.35. The van der Waals surface area contributed by atoms with Gasteiger partial charge in [-0.2, -0.15) is 0 Å². The second-order valence-electron chi connectivity index (χ2n) is 5.96. The van der Waals surface area contributed by atoms with E-state index < -0.39 is 0 Å². The molecule has 21 heavy (non-hydrogen) atoms. The van der Waals surface area contributed by atoms with Crippen molar-refractivity contribution in [2.24, 2.45) is 0 Å². The number of rotatable bonds is 3. The fraction of sp³-hybridized carbons (Fsp3) is 0.294. The summed E-state index contributed by atoms with van der Waals surface area (Å²) in [4.78, 5) is 0. The number of halogens is 2. The maximum absolute atomic E-state index is 5.95. The Morgan fingerprint density at radius 1 is 1.24 bits per heavy atom. The molecule has 0 aromatic heterocycles. The maximum atomic E-state index is 5.95. The van der Waals surface area contributed by atoms with Gasteiger partial charge in [-0.05, 0) is 65.2 Å². The molecule has 1 heterocycles. The van der Waals surface area contributed by atoms with E-state index in [1.165, 1.54) is 11.1 Å². The van der Waals surface area contributed by atoms with Crippen LogP contribution in [-0.2, 0) is 13.0 Å². The highest BCUT2D eigenvalue weighted by atomic mass is 79.9. The zero-order chi connectivity index (χ0) is 15.0. The van der Waals surface area contributed by atoms with Gasteiger partial charge in [0.15, 0.2) is 0 Å². The second-order valence-corrected chi connectivity index (χ2v) is 7.25. The van der Waals surface area contributed by atoms with Crippen LogP contribution in [0, 0.1) is 0 Å². The molecule has 0 aliphatic carbocycles. The largest absolute Gasteiger partial charge is 0.487 e. The molecule has 2 aromatic rings. The van der Waals surface area contributed by atoms with E-state index in [1.54, 1.807) is 0 Å². The Hall–Kier alpha value is -1.19. The molecule has 0 unspecified atom stereocenters. The topological polar surface area (TPSA) is 21.3 Å². The average molecular weight is 367 g/mol. The third kappa shape index (κ3) is 3.35. The van der Waals surface area contributed by atoms with Crippen LogP contribution in [0.2, 0.25) is 5.02 Å². The van der Waals surface area contributed by atoms with Crippen molar-refractivity contribution >= 4 is 33.2 Å². The Kier molecular flexibility index (Phi) is 3.89. The van der Waals surface area contributed by atoms with Gasteiger partial charge in [-0.1, -0.05) is 23.7 Å². The third-order valence-corrected chi connectivity index (χ3v) is 4.43. The lowest BCUT2D eigenvalue weighted by Crippen LogP contribution is -2.24. The first-order valence-corrected chi connectivity index (χ1v) is 8.10. The molecule has 0 atom stereocenters. The molecular formula is C17H17BrClNO. The molecule has 110 valence electrons. The molecule has 0 saturated carbocycles. The lowest BCUT2D eigenvalue weighted by molar-refractivity contribution is 0.138. The summed E-state index contributed by atoms with van der Waals surface area (Å²) in [5.74, 6) is 1.01. The summed E-state index contributed by atoms with van der Waals surface area (Å²) in [6.07, 6.45) is 0.959. The van der Waals surface area contributed by atoms with Crippen molar-refractivity contribution in [3.63, 3.8) is 0 Å². The Balaban J connectivity index is 1.72. The third-order valence-electron chi connectivity index (χ3n) is 3.54. The van der Waals surface area contributed by atoms with Crippen LogP contribution in [0.3, 0.4) is 0 Å². The summed E-state index contributed by atoms with van der Waals surface area (Å²) >= 11 is 9.47. The number of nitrogens with one attached hydrogen (secondary N) is 1. The van der Waals surface area contributed by atoms with Gasteiger partial charge in [-0.3, -0.25) is 0 Å². The quantitative estimate of drug-likeness (QED) is 0.782. The molecule has 0 saturated heterocycles. The van der Waals surface area contributed by atoms with E-state index in [1.807, 2.05) is 18.2 Å². The van der Waals surface area contributed by atoms with Crippen LogP contribution in [0.1, 0.15) is 25.0 Å². The molecule has 0 fully saturated rings. The maximum Gasteiger partial charge on any atom is 0.123 e. The Morgan fingerprint density at radius 2 is 2.05 bits per heavy atom. The standard InChI is InChI=1S/C17H17BrClNO/c1-17(2)9-12-7-11(3-6-16(12)21-17)10-20-15-5-4-13(19)8-14(15)18/h3-8,20H,9-10H2,1-2H3. The predicted molar refractivity (Wildman–Crippen MR) is 91.3 cm³/mol. The predicted octanol–water partition coefficient (Wildman–Crippen LogP) is 5.43. The summed E-state index contributed by atoms with van der Waals surface area (Å²) in [6.45, 7) is 5.01. The zero-order valence-corrected chi connectivity index (χ0v) is 14.4. The highest BCUT2D eigenvalue weighted by molar-refractivity contribution is 9.10. The molecule has 2 aromatic carbocycles. The molecule has 2 nitrogen and oxygen atoms in total. The van der Waals surface area contributed by atoms with Crippen molar-refractivity contribution in [1.29, 1.82) is 0 Å². The summed E-state index contributed by atoms with van der Waals surface area (Å²) in [6, 6.07) is 12.2. The van der Waals surface area contributed by atoms with Crippen LogP contribution in [0.15, 0.2) is 40.9 Å². The number of anilines is 1. The van der Waals surface area contributed by atoms with Crippen LogP contribution < -0.4 is 10.1 Å². The number of hydrogen-bond donors (Lipinski definition) is 1. The van der Waals surface area contributed by atoms with Gasteiger partial charge in [-0.25, -0.2) is 0 Å². The van der Waals surface area contributed by atoms with E-state index in [2.05, 4.69) is 53.3 Å². The van der Waals surface area contributed by atoms with E-state index in [9.17, 15) is 0 Å². The Bertz CT molecular complexity index is 684. The molecule has 0 bridgehead atoms. The van der Waals surface area contributed by atoms with E-state index in [0.29, 0.717) is 0 Å². The number of hydrogen-bond acceptors (Lipinski definition) is 2. The van der Waals surface area contributed by atoms with Crippen LogP contribution in [0.4, 0.5) is 5.69 Å². The summed E-state index contributed by atoms with van der Waals surface area (Å²) in [5.41, 5.74) is 3.48. The molecule has 3 rings (SSSR count). The minimum atomic E-state index is -0.0897. The highest BCUT2D eigenvalue weighted by Gasteiger charge is 2.29. The second kappa shape index (κ2) is 5.54. The smallest absolute Gasteiger partial charge is 0.123 e. The summed E-state index contributed by atoms with van der Waals surface area (Å²) in [7, 11) is 0. The monoisotopic (exact) mass is 365 g/mol. The van der Waals surface area contributed by atoms with E-state index >= 15 is 0 Å². The van der Waals surface area contributed by atoms with Gasteiger partial charge in [0.1, 0.15) is 11.4 Å². The Morgan fingerprint density at radius 3 is 2.81 bits per heavy atom. The van der Waals surface area contributed by atoms with Crippen molar-refractivity contribution in [3.8, 4) is 5.75 Å². The fourth-order valence-corrected chi connectivity index (χ4v) is 3.43. The van der Waals surface area contributed by atoms with Gasteiger partial charge in [0.05, 0.1) is 0 Å². The number of fused-ring (bicyclic) bond motifs is 1. The Labute approximate surface area is 138 Å². The first-order valence-electron chi connectivity index (χ1n) is 6.93. The molecule has 0 radical (unpaired) electrons. The van der Waals surface area contributed by atoms with E-state index in [-0.39, 0.29) is 5.60 Å². The van der Waals surface area contributed by atoms with Gasteiger partial charge in [0, 0.05) is 28.1 Å². The lowest BCUT2D eigenvalue weighted by Gasteiger charge is -2.16. The van der Waals surface area contributed by atoms with Gasteiger partial charge < -0.3 is 10.1 Å². The molecule has 0 amide bonds. The first kappa shape index (κ1) is 14.7. The number of ether oxygens (including phenoxy) is 1. The summed E-state index contributed by atoms with van der Waals surface area (Å²) < 4.78 is 6.87. The van der Waals surface area contributed by atoms with Gasteiger partial charge in [0.2, 0.25) is 0 Å².